The number of benzene rings is 1. The van der Waals surface area contributed by atoms with Crippen LogP contribution in [-0.4, -0.2) is 36.1 Å². The Bertz CT molecular complexity index is 646. The van der Waals surface area contributed by atoms with Crippen LogP contribution in [-0.2, 0) is 6.54 Å². The largest absolute Gasteiger partial charge is 0.494 e. The molecule has 2 rings (SSSR count). The predicted molar refractivity (Wildman–Crippen MR) is 92.8 cm³/mol. The molecule has 0 aliphatic rings. The molecule has 1 N–H and O–H groups in total. The van der Waals surface area contributed by atoms with Crippen LogP contribution in [0, 0.1) is 12.7 Å². The fraction of sp³-hybridized carbons (Fsp3) is 0.412. The van der Waals surface area contributed by atoms with E-state index in [0.29, 0.717) is 25.4 Å². The van der Waals surface area contributed by atoms with Gasteiger partial charge in [0.05, 0.1) is 23.9 Å². The molecule has 0 atom stereocenters. The van der Waals surface area contributed by atoms with Crippen LogP contribution in [0.2, 0.25) is 0 Å². The van der Waals surface area contributed by atoms with E-state index < -0.39 is 0 Å². The molecule has 0 saturated carbocycles. The number of urea groups is 1. The van der Waals surface area contributed by atoms with Crippen LogP contribution in [0.5, 0.6) is 5.75 Å². The predicted octanol–water partition coefficient (Wildman–Crippen LogP) is 3.59. The molecule has 0 saturated heterocycles. The lowest BCUT2D eigenvalue weighted by Crippen LogP contribution is -2.37. The zero-order chi connectivity index (χ0) is 17.4. The van der Waals surface area contributed by atoms with Crippen molar-refractivity contribution in [2.45, 2.75) is 26.3 Å². The van der Waals surface area contributed by atoms with Crippen molar-refractivity contribution in [2.24, 2.45) is 0 Å². The lowest BCUT2D eigenvalue weighted by Gasteiger charge is -2.16. The summed E-state index contributed by atoms with van der Waals surface area (Å²) in [6, 6.07) is 5.84. The maximum atomic E-state index is 12.8. The Hall–Kier alpha value is -2.15. The topological polar surface area (TPSA) is 54.5 Å². The Morgan fingerprint density at radius 1 is 1.33 bits per heavy atom. The highest BCUT2D eigenvalue weighted by atomic mass is 32.1. The van der Waals surface area contributed by atoms with Crippen molar-refractivity contribution < 1.29 is 13.9 Å². The molecule has 0 radical (unpaired) electrons. The average molecular weight is 351 g/mol. The number of ether oxygens (including phenoxy) is 1. The van der Waals surface area contributed by atoms with Gasteiger partial charge in [-0.1, -0.05) is 0 Å². The van der Waals surface area contributed by atoms with Gasteiger partial charge in [0.15, 0.2) is 0 Å². The number of aryl methyl sites for hydroxylation is 1. The monoisotopic (exact) mass is 351 g/mol. The third kappa shape index (κ3) is 6.16. The smallest absolute Gasteiger partial charge is 0.317 e. The zero-order valence-electron chi connectivity index (χ0n) is 13.9. The van der Waals surface area contributed by atoms with Gasteiger partial charge in [-0.05, 0) is 44.0 Å². The molecular formula is C17H22FN3O2S. The van der Waals surface area contributed by atoms with E-state index in [1.807, 2.05) is 12.3 Å². The third-order valence-electron chi connectivity index (χ3n) is 3.34. The second-order valence-corrected chi connectivity index (χ2v) is 6.52. The number of carbonyl (C=O) groups is 1. The minimum Gasteiger partial charge on any atom is -0.494 e. The highest BCUT2D eigenvalue weighted by Gasteiger charge is 2.09. The lowest BCUT2D eigenvalue weighted by molar-refractivity contribution is 0.206. The Balaban J connectivity index is 1.56. The van der Waals surface area contributed by atoms with Crippen molar-refractivity contribution in [1.82, 2.24) is 15.2 Å². The molecule has 130 valence electrons. The summed E-state index contributed by atoms with van der Waals surface area (Å²) in [4.78, 5) is 17.9. The zero-order valence-corrected chi connectivity index (χ0v) is 14.7. The van der Waals surface area contributed by atoms with Crippen LogP contribution in [0.1, 0.15) is 23.5 Å². The van der Waals surface area contributed by atoms with E-state index in [4.69, 9.17) is 4.74 Å². The van der Waals surface area contributed by atoms with Crippen molar-refractivity contribution in [3.63, 3.8) is 0 Å². The molecule has 0 bridgehead atoms. The molecule has 2 amide bonds. The first-order valence-corrected chi connectivity index (χ1v) is 8.71. The fourth-order valence-corrected chi connectivity index (χ4v) is 2.68. The minimum absolute atomic E-state index is 0.111. The van der Waals surface area contributed by atoms with Crippen molar-refractivity contribution in [3.05, 3.63) is 46.2 Å². The van der Waals surface area contributed by atoms with Crippen molar-refractivity contribution in [1.29, 1.82) is 0 Å². The third-order valence-corrected chi connectivity index (χ3v) is 4.16. The number of amides is 2. The first-order valence-electron chi connectivity index (χ1n) is 7.83. The molecule has 1 aromatic heterocycles. The number of nitrogens with zero attached hydrogens (tertiary/aromatic N) is 2. The van der Waals surface area contributed by atoms with Crippen LogP contribution < -0.4 is 10.1 Å². The number of nitrogens with one attached hydrogen (secondary N) is 1. The molecule has 0 fully saturated rings. The number of rotatable bonds is 8. The molecule has 5 nitrogen and oxygen atoms in total. The number of thiazole rings is 1. The first-order chi connectivity index (χ1) is 11.5. The minimum atomic E-state index is -0.276. The molecule has 0 unspecified atom stereocenters. The summed E-state index contributed by atoms with van der Waals surface area (Å²) >= 11 is 1.58. The molecule has 0 spiro atoms. The number of hydrogen-bond donors (Lipinski definition) is 1. The van der Waals surface area contributed by atoms with Gasteiger partial charge in [-0.15, -0.1) is 11.3 Å². The Morgan fingerprint density at radius 2 is 2.08 bits per heavy atom. The van der Waals surface area contributed by atoms with Crippen molar-refractivity contribution in [3.8, 4) is 5.75 Å². The van der Waals surface area contributed by atoms with E-state index in [2.05, 4.69) is 10.3 Å². The van der Waals surface area contributed by atoms with Crippen LogP contribution in [0.4, 0.5) is 9.18 Å². The summed E-state index contributed by atoms with van der Waals surface area (Å²) in [5.41, 5.74) is 0.905. The summed E-state index contributed by atoms with van der Waals surface area (Å²) in [7, 11) is 1.75. The Kier molecular flexibility index (Phi) is 6.99. The lowest BCUT2D eigenvalue weighted by atomic mass is 10.3. The van der Waals surface area contributed by atoms with Crippen LogP contribution >= 0.6 is 11.3 Å². The summed E-state index contributed by atoms with van der Waals surface area (Å²) in [5.74, 6) is 0.376. The van der Waals surface area contributed by atoms with Crippen molar-refractivity contribution in [2.75, 3.05) is 20.2 Å². The van der Waals surface area contributed by atoms with E-state index in [1.165, 1.54) is 12.1 Å². The van der Waals surface area contributed by atoms with Gasteiger partial charge in [0.25, 0.3) is 0 Å². The number of aromatic nitrogens is 1. The van der Waals surface area contributed by atoms with Crippen LogP contribution in [0.3, 0.4) is 0 Å². The van der Waals surface area contributed by atoms with Crippen LogP contribution in [0.15, 0.2) is 29.6 Å². The standard InChI is InChI=1S/C17H22FN3O2S/c1-13-20-15(12-24-13)11-21(2)17(22)19-9-3-4-10-23-16-7-5-14(18)6-8-16/h5-8,12H,3-4,9-11H2,1-2H3,(H,19,22). The molecule has 7 heteroatoms. The van der Waals surface area contributed by atoms with Gasteiger partial charge in [-0.3, -0.25) is 0 Å². The first kappa shape index (κ1) is 18.2. The number of hydrogen-bond acceptors (Lipinski definition) is 4. The number of carbonyl (C=O) groups excluding carboxylic acids is 1. The molecule has 1 aromatic carbocycles. The van der Waals surface area contributed by atoms with Gasteiger partial charge >= 0.3 is 6.03 Å². The Morgan fingerprint density at radius 3 is 2.75 bits per heavy atom. The van der Waals surface area contributed by atoms with E-state index in [1.54, 1.807) is 35.4 Å². The van der Waals surface area contributed by atoms with Gasteiger partial charge in [0, 0.05) is 19.0 Å². The Labute approximate surface area is 145 Å². The average Bonchev–Trinajstić information content (AvgIpc) is 2.97. The van der Waals surface area contributed by atoms with Crippen molar-refractivity contribution >= 4 is 17.4 Å². The maximum Gasteiger partial charge on any atom is 0.317 e. The number of unbranched alkanes of at least 4 members (excludes halogenated alkanes) is 1. The highest BCUT2D eigenvalue weighted by Crippen LogP contribution is 2.11. The fourth-order valence-electron chi connectivity index (χ4n) is 2.07. The normalized spacial score (nSPS) is 10.5. The summed E-state index contributed by atoms with van der Waals surface area (Å²) < 4.78 is 18.3. The second kappa shape index (κ2) is 9.22. The summed E-state index contributed by atoms with van der Waals surface area (Å²) in [6.45, 7) is 3.58. The molecular weight excluding hydrogens is 329 g/mol. The van der Waals surface area contributed by atoms with E-state index in [0.717, 1.165) is 23.5 Å². The molecule has 0 aliphatic heterocycles. The summed E-state index contributed by atoms with van der Waals surface area (Å²) in [6.07, 6.45) is 1.63. The quantitative estimate of drug-likeness (QED) is 0.740. The molecule has 2 aromatic rings. The van der Waals surface area contributed by atoms with E-state index in [9.17, 15) is 9.18 Å². The second-order valence-electron chi connectivity index (χ2n) is 5.46. The summed E-state index contributed by atoms with van der Waals surface area (Å²) in [5, 5.41) is 5.84. The van der Waals surface area contributed by atoms with Gasteiger partial charge in [0.2, 0.25) is 0 Å². The van der Waals surface area contributed by atoms with Gasteiger partial charge in [-0.25, -0.2) is 14.2 Å². The van der Waals surface area contributed by atoms with E-state index >= 15 is 0 Å². The van der Waals surface area contributed by atoms with E-state index in [-0.39, 0.29) is 11.8 Å². The molecule has 24 heavy (non-hydrogen) atoms. The maximum absolute atomic E-state index is 12.8. The van der Waals surface area contributed by atoms with Crippen LogP contribution in [0.25, 0.3) is 0 Å². The van der Waals surface area contributed by atoms with Gasteiger partial charge < -0.3 is 15.0 Å². The van der Waals surface area contributed by atoms with Gasteiger partial charge in [-0.2, -0.15) is 0 Å². The highest BCUT2D eigenvalue weighted by molar-refractivity contribution is 7.09. The van der Waals surface area contributed by atoms with Gasteiger partial charge in [0.1, 0.15) is 11.6 Å². The number of halogens is 1. The molecule has 1 heterocycles. The SMILES string of the molecule is Cc1nc(CN(C)C(=O)NCCCCOc2ccc(F)cc2)cs1. The molecule has 0 aliphatic carbocycles.